The summed E-state index contributed by atoms with van der Waals surface area (Å²) in [5.74, 6) is -0.380. The molecule has 9 nitrogen and oxygen atoms in total. The molecule has 2 rings (SSSR count). The molecule has 0 atom stereocenters. The molecule has 2 N–H and O–H groups in total. The average molecular weight is 312 g/mol. The van der Waals surface area contributed by atoms with Crippen LogP contribution in [0.25, 0.3) is 0 Å². The van der Waals surface area contributed by atoms with E-state index in [2.05, 4.69) is 19.8 Å². The highest BCUT2D eigenvalue weighted by molar-refractivity contribution is 7.89. The first-order valence-electron chi connectivity index (χ1n) is 5.87. The first-order chi connectivity index (χ1) is 9.88. The number of carboxylic acids is 1. The van der Waals surface area contributed by atoms with Crippen molar-refractivity contribution < 1.29 is 22.8 Å². The lowest BCUT2D eigenvalue weighted by atomic mass is 10.3. The number of carbonyl (C=O) groups is 1. The minimum Gasteiger partial charge on any atom is -0.478 e. The van der Waals surface area contributed by atoms with Crippen molar-refractivity contribution in [3.63, 3.8) is 0 Å². The molecule has 0 aromatic carbocycles. The summed E-state index contributed by atoms with van der Waals surface area (Å²) in [7, 11) is -3.81. The molecule has 112 valence electrons. The molecule has 0 amide bonds. The lowest BCUT2D eigenvalue weighted by molar-refractivity contribution is 0.0696. The Hall–Kier alpha value is -2.33. The van der Waals surface area contributed by atoms with Crippen LogP contribution >= 0.6 is 0 Å². The van der Waals surface area contributed by atoms with Crippen LogP contribution in [0.3, 0.4) is 0 Å². The van der Waals surface area contributed by atoms with Crippen molar-refractivity contribution in [2.45, 2.75) is 18.4 Å². The number of sulfonamides is 1. The molecule has 2 aromatic heterocycles. The molecule has 0 unspecified atom stereocenters. The number of hydrogen-bond donors (Lipinski definition) is 2. The van der Waals surface area contributed by atoms with E-state index >= 15 is 0 Å². The molecule has 0 spiro atoms. The topological polar surface area (TPSA) is 135 Å². The summed E-state index contributed by atoms with van der Waals surface area (Å²) in [5.41, 5.74) is -0.0877. The molecule has 0 saturated heterocycles. The second kappa shape index (κ2) is 5.97. The summed E-state index contributed by atoms with van der Waals surface area (Å²) < 4.78 is 31.0. The SMILES string of the molecule is Cc1noc(CCNS(=O)(=O)c2ccc(C(=O)O)cn2)n1. The van der Waals surface area contributed by atoms with Crippen LogP contribution in [0.4, 0.5) is 0 Å². The highest BCUT2D eigenvalue weighted by Crippen LogP contribution is 2.07. The van der Waals surface area contributed by atoms with E-state index in [4.69, 9.17) is 9.63 Å². The highest BCUT2D eigenvalue weighted by atomic mass is 32.2. The van der Waals surface area contributed by atoms with Crippen LogP contribution in [-0.2, 0) is 16.4 Å². The van der Waals surface area contributed by atoms with Gasteiger partial charge in [-0.05, 0) is 19.1 Å². The minimum atomic E-state index is -3.81. The van der Waals surface area contributed by atoms with Crippen molar-refractivity contribution in [1.29, 1.82) is 0 Å². The second-order valence-electron chi connectivity index (χ2n) is 4.07. The number of pyridine rings is 1. The maximum Gasteiger partial charge on any atom is 0.337 e. The van der Waals surface area contributed by atoms with Gasteiger partial charge in [-0.15, -0.1) is 0 Å². The number of nitrogens with zero attached hydrogens (tertiary/aromatic N) is 3. The molecular formula is C11H12N4O5S. The Morgan fingerprint density at radius 2 is 2.19 bits per heavy atom. The van der Waals surface area contributed by atoms with Crippen molar-refractivity contribution in [3.8, 4) is 0 Å². The fraction of sp³-hybridized carbons (Fsp3) is 0.273. The summed E-state index contributed by atoms with van der Waals surface area (Å²) >= 11 is 0. The third-order valence-electron chi connectivity index (χ3n) is 2.46. The third kappa shape index (κ3) is 3.83. The zero-order valence-corrected chi connectivity index (χ0v) is 11.8. The Morgan fingerprint density at radius 1 is 1.43 bits per heavy atom. The zero-order chi connectivity index (χ0) is 15.5. The van der Waals surface area contributed by atoms with Gasteiger partial charge < -0.3 is 9.63 Å². The standard InChI is InChI=1S/C11H12N4O5S/c1-7-14-9(20-15-7)4-5-13-21(18,19)10-3-2-8(6-12-10)11(16)17/h2-3,6,13H,4-5H2,1H3,(H,16,17). The van der Waals surface area contributed by atoms with E-state index in [1.54, 1.807) is 6.92 Å². The lowest BCUT2D eigenvalue weighted by Crippen LogP contribution is -2.27. The smallest absolute Gasteiger partial charge is 0.337 e. The third-order valence-corrected chi connectivity index (χ3v) is 3.84. The molecule has 10 heteroatoms. The van der Waals surface area contributed by atoms with Crippen LogP contribution in [0, 0.1) is 6.92 Å². The normalized spacial score (nSPS) is 11.5. The monoisotopic (exact) mass is 312 g/mol. The van der Waals surface area contributed by atoms with Gasteiger partial charge in [0.2, 0.25) is 5.89 Å². The van der Waals surface area contributed by atoms with E-state index in [9.17, 15) is 13.2 Å². The second-order valence-corrected chi connectivity index (χ2v) is 5.79. The van der Waals surface area contributed by atoms with Gasteiger partial charge in [0.1, 0.15) is 0 Å². The number of aryl methyl sites for hydroxylation is 1. The summed E-state index contributed by atoms with van der Waals surface area (Å²) in [6.45, 7) is 1.72. The van der Waals surface area contributed by atoms with Crippen molar-refractivity contribution >= 4 is 16.0 Å². The Kier molecular flexibility index (Phi) is 4.29. The Bertz CT molecular complexity index is 738. The number of rotatable bonds is 6. The molecule has 2 aromatic rings. The van der Waals surface area contributed by atoms with Gasteiger partial charge in [-0.2, -0.15) is 4.98 Å². The Morgan fingerprint density at radius 3 is 2.71 bits per heavy atom. The van der Waals surface area contributed by atoms with Crippen LogP contribution in [0.2, 0.25) is 0 Å². The van der Waals surface area contributed by atoms with E-state index < -0.39 is 16.0 Å². The van der Waals surface area contributed by atoms with Gasteiger partial charge in [-0.1, -0.05) is 5.16 Å². The van der Waals surface area contributed by atoms with E-state index in [-0.39, 0.29) is 23.6 Å². The fourth-order valence-electron chi connectivity index (χ4n) is 1.47. The number of nitrogens with one attached hydrogen (secondary N) is 1. The maximum absolute atomic E-state index is 11.9. The van der Waals surface area contributed by atoms with Gasteiger partial charge in [-0.25, -0.2) is 22.9 Å². The predicted molar refractivity (Wildman–Crippen MR) is 69.1 cm³/mol. The summed E-state index contributed by atoms with van der Waals surface area (Å²) in [6.07, 6.45) is 1.23. The van der Waals surface area contributed by atoms with E-state index in [0.29, 0.717) is 11.7 Å². The number of aromatic carboxylic acids is 1. The number of hydrogen-bond acceptors (Lipinski definition) is 7. The van der Waals surface area contributed by atoms with Crippen LogP contribution in [0.1, 0.15) is 22.1 Å². The van der Waals surface area contributed by atoms with Crippen LogP contribution in [0.15, 0.2) is 27.9 Å². The number of aromatic nitrogens is 3. The van der Waals surface area contributed by atoms with Gasteiger partial charge in [0.05, 0.1) is 5.56 Å². The molecule has 0 bridgehead atoms. The molecule has 0 aliphatic rings. The summed E-state index contributed by atoms with van der Waals surface area (Å²) in [5, 5.41) is 12.0. The predicted octanol–water partition coefficient (Wildman–Crippen LogP) is -0.00778. The number of carboxylic acid groups (broad SMARTS) is 1. The first kappa shape index (κ1) is 15.1. The average Bonchev–Trinajstić information content (AvgIpc) is 2.84. The van der Waals surface area contributed by atoms with Gasteiger partial charge in [-0.3, -0.25) is 0 Å². The van der Waals surface area contributed by atoms with Crippen molar-refractivity contribution in [1.82, 2.24) is 19.8 Å². The molecule has 0 fully saturated rings. The van der Waals surface area contributed by atoms with Crippen molar-refractivity contribution in [2.75, 3.05) is 6.54 Å². The van der Waals surface area contributed by atoms with Crippen LogP contribution < -0.4 is 4.72 Å². The zero-order valence-electron chi connectivity index (χ0n) is 11.0. The molecule has 0 aliphatic carbocycles. The van der Waals surface area contributed by atoms with Crippen molar-refractivity contribution in [3.05, 3.63) is 35.6 Å². The lowest BCUT2D eigenvalue weighted by Gasteiger charge is -2.04. The van der Waals surface area contributed by atoms with Gasteiger partial charge >= 0.3 is 5.97 Å². The van der Waals surface area contributed by atoms with E-state index in [0.717, 1.165) is 12.3 Å². The Labute approximate surface area is 120 Å². The summed E-state index contributed by atoms with van der Waals surface area (Å²) in [6, 6.07) is 2.30. The largest absolute Gasteiger partial charge is 0.478 e. The minimum absolute atomic E-state index is 0.0618. The fourth-order valence-corrected chi connectivity index (χ4v) is 2.43. The highest BCUT2D eigenvalue weighted by Gasteiger charge is 2.16. The van der Waals surface area contributed by atoms with Crippen LogP contribution in [0.5, 0.6) is 0 Å². The van der Waals surface area contributed by atoms with Gasteiger partial charge in [0.25, 0.3) is 10.0 Å². The molecule has 0 aliphatic heterocycles. The molecule has 21 heavy (non-hydrogen) atoms. The van der Waals surface area contributed by atoms with E-state index in [1.807, 2.05) is 0 Å². The maximum atomic E-state index is 11.9. The van der Waals surface area contributed by atoms with Gasteiger partial charge in [0.15, 0.2) is 10.9 Å². The first-order valence-corrected chi connectivity index (χ1v) is 7.35. The summed E-state index contributed by atoms with van der Waals surface area (Å²) in [4.78, 5) is 18.2. The Balaban J connectivity index is 1.99. The molecule has 2 heterocycles. The van der Waals surface area contributed by atoms with Gasteiger partial charge in [0, 0.05) is 19.2 Å². The molecule has 0 radical (unpaired) electrons. The van der Waals surface area contributed by atoms with Crippen LogP contribution in [-0.4, -0.2) is 41.2 Å². The molecule has 0 saturated carbocycles. The van der Waals surface area contributed by atoms with Crippen molar-refractivity contribution in [2.24, 2.45) is 0 Å². The quantitative estimate of drug-likeness (QED) is 0.760. The molecular weight excluding hydrogens is 300 g/mol. The van der Waals surface area contributed by atoms with E-state index in [1.165, 1.54) is 6.07 Å².